The molecule has 1 N–H and O–H groups in total. The Morgan fingerprint density at radius 2 is 2.00 bits per heavy atom. The Labute approximate surface area is 96.8 Å². The van der Waals surface area contributed by atoms with Crippen molar-refractivity contribution in [2.24, 2.45) is 0 Å². The van der Waals surface area contributed by atoms with Crippen molar-refractivity contribution >= 4 is 0 Å². The minimum Gasteiger partial charge on any atom is -0.382 e. The maximum atomic E-state index is 12.7. The molecule has 0 bridgehead atoms. The molecule has 1 aromatic carbocycles. The molecule has 0 aliphatic heterocycles. The van der Waals surface area contributed by atoms with Gasteiger partial charge in [-0.2, -0.15) is 0 Å². The van der Waals surface area contributed by atoms with Crippen molar-refractivity contribution in [2.45, 2.75) is 25.8 Å². The van der Waals surface area contributed by atoms with Gasteiger partial charge in [-0.25, -0.2) is 4.39 Å². The Morgan fingerprint density at radius 1 is 1.31 bits per heavy atom. The van der Waals surface area contributed by atoms with E-state index in [0.29, 0.717) is 6.04 Å². The van der Waals surface area contributed by atoms with Crippen LogP contribution >= 0.6 is 0 Å². The van der Waals surface area contributed by atoms with Crippen LogP contribution in [0.15, 0.2) is 24.3 Å². The molecule has 3 heteroatoms. The van der Waals surface area contributed by atoms with Gasteiger partial charge >= 0.3 is 0 Å². The first-order chi connectivity index (χ1) is 7.76. The Morgan fingerprint density at radius 3 is 2.56 bits per heavy atom. The summed E-state index contributed by atoms with van der Waals surface area (Å²) in [5, 5.41) is 3.25. The van der Waals surface area contributed by atoms with E-state index in [1.54, 1.807) is 0 Å². The SMILES string of the molecule is CCOCCC(Cc1ccc(F)cc1)NC. The van der Waals surface area contributed by atoms with Crippen LogP contribution in [0.5, 0.6) is 0 Å². The molecule has 2 nitrogen and oxygen atoms in total. The van der Waals surface area contributed by atoms with Gasteiger partial charge in [0, 0.05) is 19.3 Å². The quantitative estimate of drug-likeness (QED) is 0.719. The van der Waals surface area contributed by atoms with E-state index in [2.05, 4.69) is 5.32 Å². The van der Waals surface area contributed by atoms with Gasteiger partial charge in [-0.3, -0.25) is 0 Å². The highest BCUT2D eigenvalue weighted by Gasteiger charge is 2.06. The largest absolute Gasteiger partial charge is 0.382 e. The Bertz CT molecular complexity index is 286. The van der Waals surface area contributed by atoms with E-state index in [1.165, 1.54) is 12.1 Å². The Balaban J connectivity index is 2.40. The minimum absolute atomic E-state index is 0.181. The summed E-state index contributed by atoms with van der Waals surface area (Å²) in [6.07, 6.45) is 1.88. The maximum absolute atomic E-state index is 12.7. The summed E-state index contributed by atoms with van der Waals surface area (Å²) >= 11 is 0. The average Bonchev–Trinajstić information content (AvgIpc) is 2.31. The highest BCUT2D eigenvalue weighted by atomic mass is 19.1. The molecule has 0 aromatic heterocycles. The molecular weight excluding hydrogens is 205 g/mol. The van der Waals surface area contributed by atoms with Crippen LogP contribution in [-0.4, -0.2) is 26.3 Å². The van der Waals surface area contributed by atoms with Crippen LogP contribution in [-0.2, 0) is 11.2 Å². The summed E-state index contributed by atoms with van der Waals surface area (Å²) in [6.45, 7) is 3.52. The van der Waals surface area contributed by atoms with Gasteiger partial charge in [0.15, 0.2) is 0 Å². The Hall–Kier alpha value is -0.930. The van der Waals surface area contributed by atoms with Gasteiger partial charge in [0.25, 0.3) is 0 Å². The highest BCUT2D eigenvalue weighted by Crippen LogP contribution is 2.07. The number of rotatable bonds is 7. The smallest absolute Gasteiger partial charge is 0.123 e. The number of ether oxygens (including phenoxy) is 1. The van der Waals surface area contributed by atoms with Gasteiger partial charge in [-0.15, -0.1) is 0 Å². The molecule has 0 radical (unpaired) electrons. The normalized spacial score (nSPS) is 12.7. The lowest BCUT2D eigenvalue weighted by Gasteiger charge is -2.16. The average molecular weight is 225 g/mol. The second-order valence-corrected chi connectivity index (χ2v) is 3.80. The highest BCUT2D eigenvalue weighted by molar-refractivity contribution is 5.17. The van der Waals surface area contributed by atoms with Crippen molar-refractivity contribution in [2.75, 3.05) is 20.3 Å². The number of nitrogens with one attached hydrogen (secondary N) is 1. The minimum atomic E-state index is -0.181. The van der Waals surface area contributed by atoms with E-state index in [4.69, 9.17) is 4.74 Å². The first kappa shape index (κ1) is 13.1. The van der Waals surface area contributed by atoms with E-state index < -0.39 is 0 Å². The fraction of sp³-hybridized carbons (Fsp3) is 0.538. The first-order valence-corrected chi connectivity index (χ1v) is 5.75. The van der Waals surface area contributed by atoms with Crippen molar-refractivity contribution < 1.29 is 9.13 Å². The van der Waals surface area contributed by atoms with E-state index in [0.717, 1.165) is 31.6 Å². The number of benzene rings is 1. The van der Waals surface area contributed by atoms with Crippen LogP contribution < -0.4 is 5.32 Å². The van der Waals surface area contributed by atoms with Crippen LogP contribution in [0.25, 0.3) is 0 Å². The molecule has 1 unspecified atom stereocenters. The number of hydrogen-bond donors (Lipinski definition) is 1. The van der Waals surface area contributed by atoms with Gasteiger partial charge < -0.3 is 10.1 Å². The van der Waals surface area contributed by atoms with E-state index >= 15 is 0 Å². The molecule has 90 valence electrons. The van der Waals surface area contributed by atoms with E-state index in [-0.39, 0.29) is 5.82 Å². The molecule has 0 saturated carbocycles. The van der Waals surface area contributed by atoms with Crippen molar-refractivity contribution in [1.29, 1.82) is 0 Å². The lowest BCUT2D eigenvalue weighted by Crippen LogP contribution is -2.29. The van der Waals surface area contributed by atoms with Gasteiger partial charge in [0.1, 0.15) is 5.82 Å². The van der Waals surface area contributed by atoms with E-state index in [1.807, 2.05) is 26.1 Å². The van der Waals surface area contributed by atoms with Crippen LogP contribution in [0.4, 0.5) is 4.39 Å². The second kappa shape index (κ2) is 7.36. The topological polar surface area (TPSA) is 21.3 Å². The van der Waals surface area contributed by atoms with Crippen LogP contribution in [0, 0.1) is 5.82 Å². The molecule has 1 rings (SSSR count). The van der Waals surface area contributed by atoms with Crippen molar-refractivity contribution in [1.82, 2.24) is 5.32 Å². The van der Waals surface area contributed by atoms with Gasteiger partial charge in [0.2, 0.25) is 0 Å². The second-order valence-electron chi connectivity index (χ2n) is 3.80. The van der Waals surface area contributed by atoms with Gasteiger partial charge in [0.05, 0.1) is 0 Å². The third-order valence-corrected chi connectivity index (χ3v) is 2.62. The molecule has 0 aliphatic carbocycles. The molecule has 0 saturated heterocycles. The van der Waals surface area contributed by atoms with Crippen LogP contribution in [0.3, 0.4) is 0 Å². The standard InChI is InChI=1S/C13H20FNO/c1-3-16-9-8-13(15-2)10-11-4-6-12(14)7-5-11/h4-7,13,15H,3,8-10H2,1-2H3. The Kier molecular flexibility index (Phi) is 6.04. The maximum Gasteiger partial charge on any atom is 0.123 e. The van der Waals surface area contributed by atoms with E-state index in [9.17, 15) is 4.39 Å². The molecule has 1 atom stereocenters. The fourth-order valence-corrected chi connectivity index (χ4v) is 1.62. The monoisotopic (exact) mass is 225 g/mol. The third kappa shape index (κ3) is 4.73. The molecule has 16 heavy (non-hydrogen) atoms. The predicted molar refractivity (Wildman–Crippen MR) is 64.1 cm³/mol. The number of likely N-dealkylation sites (N-methyl/N-ethyl adjacent to an activating group) is 1. The molecule has 0 aliphatic rings. The van der Waals surface area contributed by atoms with Gasteiger partial charge in [-0.05, 0) is 44.5 Å². The fourth-order valence-electron chi connectivity index (χ4n) is 1.62. The lowest BCUT2D eigenvalue weighted by atomic mass is 10.0. The summed E-state index contributed by atoms with van der Waals surface area (Å²) in [7, 11) is 1.94. The van der Waals surface area contributed by atoms with Gasteiger partial charge in [-0.1, -0.05) is 12.1 Å². The van der Waals surface area contributed by atoms with Crippen molar-refractivity contribution in [3.63, 3.8) is 0 Å². The van der Waals surface area contributed by atoms with Crippen molar-refractivity contribution in [3.05, 3.63) is 35.6 Å². The molecule has 1 aromatic rings. The lowest BCUT2D eigenvalue weighted by molar-refractivity contribution is 0.137. The molecular formula is C13H20FNO. The van der Waals surface area contributed by atoms with Crippen LogP contribution in [0.1, 0.15) is 18.9 Å². The predicted octanol–water partition coefficient (Wildman–Crippen LogP) is 2.38. The summed E-state index contributed by atoms with van der Waals surface area (Å²) < 4.78 is 18.0. The first-order valence-electron chi connectivity index (χ1n) is 5.75. The zero-order valence-electron chi connectivity index (χ0n) is 10.0. The summed E-state index contributed by atoms with van der Waals surface area (Å²) in [5.41, 5.74) is 1.15. The van der Waals surface area contributed by atoms with Crippen LogP contribution in [0.2, 0.25) is 0 Å². The number of hydrogen-bond acceptors (Lipinski definition) is 2. The van der Waals surface area contributed by atoms with Crippen molar-refractivity contribution in [3.8, 4) is 0 Å². The summed E-state index contributed by atoms with van der Waals surface area (Å²) in [5.74, 6) is -0.181. The number of halogens is 1. The molecule has 0 amide bonds. The molecule has 0 heterocycles. The zero-order valence-corrected chi connectivity index (χ0v) is 10.0. The zero-order chi connectivity index (χ0) is 11.8. The summed E-state index contributed by atoms with van der Waals surface area (Å²) in [4.78, 5) is 0. The molecule has 0 fully saturated rings. The molecule has 0 spiro atoms. The third-order valence-electron chi connectivity index (χ3n) is 2.62. The summed E-state index contributed by atoms with van der Waals surface area (Å²) in [6, 6.07) is 7.06.